The van der Waals surface area contributed by atoms with Gasteiger partial charge in [0.2, 0.25) is 0 Å². The van der Waals surface area contributed by atoms with Gasteiger partial charge in [0, 0.05) is 13.1 Å². The minimum atomic E-state index is -1.22. The molecule has 0 aromatic carbocycles. The van der Waals surface area contributed by atoms with E-state index in [-0.39, 0.29) is 44.9 Å². The predicted octanol–water partition coefficient (Wildman–Crippen LogP) is -4.29. The van der Waals surface area contributed by atoms with E-state index in [4.69, 9.17) is 19.8 Å². The van der Waals surface area contributed by atoms with Crippen LogP contribution in [0.1, 0.15) is 0 Å². The van der Waals surface area contributed by atoms with Crippen molar-refractivity contribution in [3.05, 3.63) is 0 Å². The summed E-state index contributed by atoms with van der Waals surface area (Å²) in [6.45, 7) is -0.778. The molecule has 10 N–H and O–H groups in total. The van der Waals surface area contributed by atoms with Crippen LogP contribution in [0.5, 0.6) is 0 Å². The van der Waals surface area contributed by atoms with Crippen molar-refractivity contribution in [1.82, 2.24) is 12.3 Å². The Bertz CT molecular complexity index is 109. The van der Waals surface area contributed by atoms with Crippen molar-refractivity contribution in [2.24, 2.45) is 11.5 Å². The molecule has 0 aliphatic carbocycles. The van der Waals surface area contributed by atoms with Gasteiger partial charge in [-0.1, -0.05) is 0 Å². The first-order chi connectivity index (χ1) is 4.54. The number of carbonyl (C=O) groups is 2. The van der Waals surface area contributed by atoms with E-state index in [1.54, 1.807) is 0 Å². The van der Waals surface area contributed by atoms with Gasteiger partial charge in [0.05, 0.1) is 11.9 Å². The summed E-state index contributed by atoms with van der Waals surface area (Å²) >= 11 is 0. The fraction of sp³-hybridized carbons (Fsp3) is 0.500. The van der Waals surface area contributed by atoms with Gasteiger partial charge in [-0.25, -0.2) is 0 Å². The summed E-state index contributed by atoms with van der Waals surface area (Å²) in [5.74, 6) is -2.44. The molecule has 0 fully saturated rings. The van der Waals surface area contributed by atoms with E-state index in [9.17, 15) is 0 Å². The fourth-order valence-corrected chi connectivity index (χ4v) is 0. The molecule has 0 aromatic rings. The average molecular weight is 248 g/mol. The Kier molecular flexibility index (Phi) is 51.0. The van der Waals surface area contributed by atoms with Crippen molar-refractivity contribution < 1.29 is 39.3 Å². The molecule has 13 heavy (non-hydrogen) atoms. The number of carboxylic acids is 2. The Morgan fingerprint density at radius 2 is 1.00 bits per heavy atom. The van der Waals surface area contributed by atoms with Crippen LogP contribution in [0.3, 0.4) is 0 Å². The van der Waals surface area contributed by atoms with Crippen LogP contribution in [0, 0.1) is 0 Å². The summed E-state index contributed by atoms with van der Waals surface area (Å²) in [5, 5.41) is 18.3. The topological polar surface area (TPSA) is 202 Å². The van der Waals surface area contributed by atoms with E-state index in [2.05, 4.69) is 11.5 Å². The van der Waals surface area contributed by atoms with Crippen LogP contribution < -0.4 is 34.0 Å². The van der Waals surface area contributed by atoms with Gasteiger partial charge in [-0.2, -0.15) is 0 Å². The number of hydrogen-bond donors (Lipinski definition) is 4. The van der Waals surface area contributed by atoms with Crippen molar-refractivity contribution in [2.75, 3.05) is 13.1 Å². The smallest absolute Gasteiger partial charge is 0.549 e. The van der Waals surface area contributed by atoms with Crippen LogP contribution in [-0.2, 0) is 29.1 Å². The molecule has 76 valence electrons. The van der Waals surface area contributed by atoms with Gasteiger partial charge in [-0.05, 0) is 0 Å². The van der Waals surface area contributed by atoms with E-state index >= 15 is 0 Å². The predicted molar refractivity (Wildman–Crippen MR) is 38.2 cm³/mol. The molecular weight excluding hydrogens is 233 g/mol. The van der Waals surface area contributed by atoms with E-state index in [0.29, 0.717) is 0 Å². The number of nitrogens with two attached hydrogens (primary N) is 2. The molecule has 0 saturated heterocycles. The van der Waals surface area contributed by atoms with E-state index in [0.717, 1.165) is 0 Å². The minimum absolute atomic E-state index is 0. The monoisotopic (exact) mass is 246 g/mol. The maximum absolute atomic E-state index is 9.13. The SMILES string of the molecule is N.N.NCC(=O)[O-].NCC(=O)[O-].[Zn+2]. The van der Waals surface area contributed by atoms with Gasteiger partial charge in [-0.3, -0.25) is 0 Å². The molecule has 0 radical (unpaired) electrons. The molecule has 0 aliphatic heterocycles. The number of aliphatic carboxylic acids is 2. The summed E-state index contributed by atoms with van der Waals surface area (Å²) in [7, 11) is 0. The third-order valence-corrected chi connectivity index (χ3v) is 0.333. The summed E-state index contributed by atoms with van der Waals surface area (Å²) in [6, 6.07) is 0. The summed E-state index contributed by atoms with van der Waals surface area (Å²) in [4.78, 5) is 18.3. The molecule has 0 unspecified atom stereocenters. The molecular formula is C4H14N4O4Zn. The van der Waals surface area contributed by atoms with Crippen molar-refractivity contribution >= 4 is 11.9 Å². The maximum Gasteiger partial charge on any atom is 2.00 e. The van der Waals surface area contributed by atoms with E-state index in [1.165, 1.54) is 0 Å². The first kappa shape index (κ1) is 29.4. The third kappa shape index (κ3) is 87.1. The molecule has 0 aromatic heterocycles. The molecule has 0 spiro atoms. The van der Waals surface area contributed by atoms with Gasteiger partial charge in [-0.15, -0.1) is 0 Å². The molecule has 0 bridgehead atoms. The van der Waals surface area contributed by atoms with Crippen LogP contribution >= 0.6 is 0 Å². The van der Waals surface area contributed by atoms with Crippen molar-refractivity contribution in [1.29, 1.82) is 0 Å². The Balaban J connectivity index is -0.0000000267. The van der Waals surface area contributed by atoms with Crippen molar-refractivity contribution in [2.45, 2.75) is 0 Å². The van der Waals surface area contributed by atoms with E-state index in [1.807, 2.05) is 0 Å². The van der Waals surface area contributed by atoms with Gasteiger partial charge in [0.25, 0.3) is 0 Å². The standard InChI is InChI=1S/2C2H5NO2.2H3N.Zn/c2*3-1-2(4)5;;;/h2*1,3H2,(H,4,5);2*1H3;/q;;;;+2/p-2. The molecule has 9 heteroatoms. The van der Waals surface area contributed by atoms with Gasteiger partial charge >= 0.3 is 19.5 Å². The quantitative estimate of drug-likeness (QED) is 0.351. The zero-order valence-corrected chi connectivity index (χ0v) is 10.3. The largest absolute Gasteiger partial charge is 2.00 e. The van der Waals surface area contributed by atoms with Crippen LogP contribution in [0.25, 0.3) is 0 Å². The van der Waals surface area contributed by atoms with Gasteiger partial charge < -0.3 is 43.6 Å². The van der Waals surface area contributed by atoms with Gasteiger partial charge in [0.1, 0.15) is 0 Å². The molecule has 0 heterocycles. The zero-order valence-electron chi connectivity index (χ0n) is 7.32. The number of rotatable bonds is 2. The maximum atomic E-state index is 9.13. The molecule has 0 amide bonds. The normalized spacial score (nSPS) is 5.69. The first-order valence-corrected chi connectivity index (χ1v) is 2.34. The average Bonchev–Trinajstić information content (AvgIpc) is 1.89. The number of carboxylic acid groups (broad SMARTS) is 2. The molecule has 0 saturated carbocycles. The second kappa shape index (κ2) is 22.5. The minimum Gasteiger partial charge on any atom is -0.549 e. The van der Waals surface area contributed by atoms with Crippen LogP contribution in [0.2, 0.25) is 0 Å². The molecule has 0 aliphatic rings. The zero-order chi connectivity index (χ0) is 8.57. The molecule has 0 rings (SSSR count). The Labute approximate surface area is 88.6 Å². The second-order valence-electron chi connectivity index (χ2n) is 1.15. The fourth-order valence-electron chi connectivity index (χ4n) is 0. The second-order valence-corrected chi connectivity index (χ2v) is 1.15. The Hall–Kier alpha value is -0.597. The van der Waals surface area contributed by atoms with Crippen molar-refractivity contribution in [3.8, 4) is 0 Å². The Morgan fingerprint density at radius 1 is 0.923 bits per heavy atom. The first-order valence-electron chi connectivity index (χ1n) is 2.34. The van der Waals surface area contributed by atoms with Gasteiger partial charge in [0.15, 0.2) is 0 Å². The summed E-state index contributed by atoms with van der Waals surface area (Å²) in [5.41, 5.74) is 9.02. The van der Waals surface area contributed by atoms with Crippen LogP contribution in [0.4, 0.5) is 0 Å². The summed E-state index contributed by atoms with van der Waals surface area (Å²) in [6.07, 6.45) is 0. The van der Waals surface area contributed by atoms with E-state index < -0.39 is 11.9 Å². The molecule has 0 atom stereocenters. The summed E-state index contributed by atoms with van der Waals surface area (Å²) < 4.78 is 0. The van der Waals surface area contributed by atoms with Crippen molar-refractivity contribution in [3.63, 3.8) is 0 Å². The van der Waals surface area contributed by atoms with Crippen LogP contribution in [0.15, 0.2) is 0 Å². The third-order valence-electron chi connectivity index (χ3n) is 0.333. The molecule has 8 nitrogen and oxygen atoms in total. The van der Waals surface area contributed by atoms with Crippen LogP contribution in [-0.4, -0.2) is 25.0 Å². The Morgan fingerprint density at radius 3 is 1.00 bits per heavy atom. The number of hydrogen-bond acceptors (Lipinski definition) is 8. The number of carbonyl (C=O) groups excluding carboxylic acids is 2.